The zero-order valence-corrected chi connectivity index (χ0v) is 20.5. The van der Waals surface area contributed by atoms with Crippen LogP contribution < -0.4 is 10.6 Å². The Balaban J connectivity index is 0.00000364. The first-order chi connectivity index (χ1) is 12.2. The zero-order valence-electron chi connectivity index (χ0n) is 17.3. The van der Waals surface area contributed by atoms with E-state index in [4.69, 9.17) is 0 Å². The molecule has 0 atom stereocenters. The summed E-state index contributed by atoms with van der Waals surface area (Å²) in [6.07, 6.45) is 7.03. The first-order valence-electron chi connectivity index (χ1n) is 9.87. The van der Waals surface area contributed by atoms with Gasteiger partial charge in [-0.05, 0) is 58.5 Å². The lowest BCUT2D eigenvalue weighted by Gasteiger charge is -2.41. The molecule has 0 bridgehead atoms. The highest BCUT2D eigenvalue weighted by atomic mass is 127. The summed E-state index contributed by atoms with van der Waals surface area (Å²) < 4.78 is 24.8. The number of sulfonamides is 1. The predicted molar refractivity (Wildman–Crippen MR) is 123 cm³/mol. The Morgan fingerprint density at radius 3 is 2.19 bits per heavy atom. The van der Waals surface area contributed by atoms with E-state index in [0.29, 0.717) is 19.0 Å². The van der Waals surface area contributed by atoms with Crippen molar-refractivity contribution in [3.8, 4) is 0 Å². The Morgan fingerprint density at radius 2 is 1.67 bits per heavy atom. The van der Waals surface area contributed by atoms with Crippen LogP contribution in [0, 0.1) is 5.92 Å². The molecule has 2 aliphatic rings. The van der Waals surface area contributed by atoms with Crippen LogP contribution in [0.3, 0.4) is 0 Å². The van der Waals surface area contributed by atoms with Gasteiger partial charge in [0.2, 0.25) is 10.0 Å². The fraction of sp³-hybridized carbons (Fsp3) is 0.944. The molecule has 160 valence electrons. The molecule has 2 heterocycles. The van der Waals surface area contributed by atoms with Crippen molar-refractivity contribution < 1.29 is 8.42 Å². The summed E-state index contributed by atoms with van der Waals surface area (Å²) in [5.41, 5.74) is 0.110. The van der Waals surface area contributed by atoms with Crippen LogP contribution in [0.2, 0.25) is 0 Å². The molecule has 0 aromatic rings. The van der Waals surface area contributed by atoms with Crippen molar-refractivity contribution in [2.75, 3.05) is 52.6 Å². The monoisotopic (exact) mass is 515 g/mol. The first kappa shape index (κ1) is 24.9. The van der Waals surface area contributed by atoms with Crippen LogP contribution >= 0.6 is 24.0 Å². The van der Waals surface area contributed by atoms with Crippen molar-refractivity contribution in [1.29, 1.82) is 0 Å². The topological polar surface area (TPSA) is 77.0 Å². The molecule has 0 aromatic heterocycles. The van der Waals surface area contributed by atoms with Crippen molar-refractivity contribution in [1.82, 2.24) is 19.8 Å². The second-order valence-corrected chi connectivity index (χ2v) is 10.3. The third-order valence-electron chi connectivity index (χ3n) is 5.72. The molecule has 0 saturated carbocycles. The fourth-order valence-corrected chi connectivity index (χ4v) is 4.69. The van der Waals surface area contributed by atoms with Gasteiger partial charge in [-0.25, -0.2) is 12.7 Å². The molecular formula is C18H38IN5O2S. The van der Waals surface area contributed by atoms with Gasteiger partial charge in [0.15, 0.2) is 5.96 Å². The Bertz CT molecular complexity index is 568. The number of nitrogens with zero attached hydrogens (tertiary/aromatic N) is 3. The molecule has 0 aliphatic carbocycles. The van der Waals surface area contributed by atoms with Crippen LogP contribution in [0.5, 0.6) is 0 Å². The lowest BCUT2D eigenvalue weighted by atomic mass is 9.98. The number of likely N-dealkylation sites (tertiary alicyclic amines) is 1. The molecule has 9 heteroatoms. The SMILES string of the molecule is CN=C(NCC1CCN(S(C)(=O)=O)CC1)NCC(C)(C)N1CCCCC1.I. The molecule has 7 nitrogen and oxygen atoms in total. The molecule has 2 saturated heterocycles. The average Bonchev–Trinajstić information content (AvgIpc) is 2.62. The lowest BCUT2D eigenvalue weighted by molar-refractivity contribution is 0.0982. The summed E-state index contributed by atoms with van der Waals surface area (Å²) in [5.74, 6) is 1.32. The van der Waals surface area contributed by atoms with Gasteiger partial charge in [0, 0.05) is 38.8 Å². The fourth-order valence-electron chi connectivity index (χ4n) is 3.82. The van der Waals surface area contributed by atoms with Crippen molar-refractivity contribution >= 4 is 40.0 Å². The van der Waals surface area contributed by atoms with Gasteiger partial charge >= 0.3 is 0 Å². The van der Waals surface area contributed by atoms with E-state index in [0.717, 1.165) is 31.9 Å². The van der Waals surface area contributed by atoms with E-state index in [1.165, 1.54) is 38.6 Å². The van der Waals surface area contributed by atoms with Gasteiger partial charge in [-0.1, -0.05) is 6.42 Å². The summed E-state index contributed by atoms with van der Waals surface area (Å²) in [5, 5.41) is 6.89. The molecular weight excluding hydrogens is 477 g/mol. The summed E-state index contributed by atoms with van der Waals surface area (Å²) >= 11 is 0. The number of hydrogen-bond donors (Lipinski definition) is 2. The zero-order chi connectivity index (χ0) is 19.2. The highest BCUT2D eigenvalue weighted by molar-refractivity contribution is 14.0. The van der Waals surface area contributed by atoms with Gasteiger partial charge in [-0.15, -0.1) is 24.0 Å². The van der Waals surface area contributed by atoms with Crippen molar-refractivity contribution in [2.24, 2.45) is 10.9 Å². The average molecular weight is 516 g/mol. The number of hydrogen-bond acceptors (Lipinski definition) is 4. The van der Waals surface area contributed by atoms with Gasteiger partial charge in [-0.3, -0.25) is 9.89 Å². The molecule has 0 radical (unpaired) electrons. The van der Waals surface area contributed by atoms with Crippen molar-refractivity contribution in [3.05, 3.63) is 0 Å². The lowest BCUT2D eigenvalue weighted by Crippen LogP contribution is -2.55. The van der Waals surface area contributed by atoms with Crippen LogP contribution in [0.4, 0.5) is 0 Å². The second-order valence-electron chi connectivity index (χ2n) is 8.27. The van der Waals surface area contributed by atoms with Gasteiger partial charge in [-0.2, -0.15) is 0 Å². The van der Waals surface area contributed by atoms with Crippen LogP contribution in [-0.2, 0) is 10.0 Å². The first-order valence-corrected chi connectivity index (χ1v) is 11.7. The molecule has 0 amide bonds. The van der Waals surface area contributed by atoms with Crippen LogP contribution in [0.25, 0.3) is 0 Å². The van der Waals surface area contributed by atoms with Crippen LogP contribution in [-0.4, -0.2) is 81.7 Å². The predicted octanol–water partition coefficient (Wildman–Crippen LogP) is 1.71. The van der Waals surface area contributed by atoms with Gasteiger partial charge in [0.05, 0.1) is 6.26 Å². The van der Waals surface area contributed by atoms with E-state index in [2.05, 4.69) is 34.4 Å². The number of aliphatic imine (C=N–C) groups is 1. The van der Waals surface area contributed by atoms with E-state index in [1.54, 1.807) is 11.4 Å². The van der Waals surface area contributed by atoms with Gasteiger partial charge in [0.1, 0.15) is 0 Å². The quantitative estimate of drug-likeness (QED) is 0.320. The maximum absolute atomic E-state index is 11.6. The van der Waals surface area contributed by atoms with E-state index in [9.17, 15) is 8.42 Å². The maximum atomic E-state index is 11.6. The minimum absolute atomic E-state index is 0. The molecule has 2 aliphatic heterocycles. The van der Waals surface area contributed by atoms with Crippen molar-refractivity contribution in [3.63, 3.8) is 0 Å². The third-order valence-corrected chi connectivity index (χ3v) is 7.03. The van der Waals surface area contributed by atoms with Crippen LogP contribution in [0.1, 0.15) is 46.0 Å². The Hall–Kier alpha value is -0.130. The number of rotatable bonds is 6. The molecule has 0 aromatic carbocycles. The van der Waals surface area contributed by atoms with E-state index in [-0.39, 0.29) is 29.5 Å². The normalized spacial score (nSPS) is 21.6. The number of nitrogens with one attached hydrogen (secondary N) is 2. The summed E-state index contributed by atoms with van der Waals surface area (Å²) in [7, 11) is -1.25. The van der Waals surface area contributed by atoms with Gasteiger partial charge in [0.25, 0.3) is 0 Å². The molecule has 0 spiro atoms. The van der Waals surface area contributed by atoms with E-state index >= 15 is 0 Å². The highest BCUT2D eigenvalue weighted by Crippen LogP contribution is 2.20. The summed E-state index contributed by atoms with van der Waals surface area (Å²) in [6.45, 7) is 9.89. The molecule has 2 rings (SSSR count). The number of piperidine rings is 2. The molecule has 27 heavy (non-hydrogen) atoms. The molecule has 0 unspecified atom stereocenters. The van der Waals surface area contributed by atoms with E-state index < -0.39 is 10.0 Å². The Labute approximate surface area is 182 Å². The Kier molecular flexibility index (Phi) is 10.3. The maximum Gasteiger partial charge on any atom is 0.211 e. The number of halogens is 1. The number of guanidine groups is 1. The highest BCUT2D eigenvalue weighted by Gasteiger charge is 2.28. The standard InChI is InChI=1S/C18H37N5O2S.HI/c1-18(2,22-10-6-5-7-11-22)15-21-17(19-3)20-14-16-8-12-23(13-9-16)26(4,24)25;/h16H,5-15H2,1-4H3,(H2,19,20,21);1H. The van der Waals surface area contributed by atoms with Gasteiger partial charge < -0.3 is 10.6 Å². The van der Waals surface area contributed by atoms with E-state index in [1.807, 2.05) is 0 Å². The summed E-state index contributed by atoms with van der Waals surface area (Å²) in [4.78, 5) is 6.91. The second kappa shape index (κ2) is 11.2. The van der Waals surface area contributed by atoms with Crippen molar-refractivity contribution in [2.45, 2.75) is 51.5 Å². The minimum atomic E-state index is -3.05. The van der Waals surface area contributed by atoms with Crippen LogP contribution in [0.15, 0.2) is 4.99 Å². The third kappa shape index (κ3) is 8.02. The Morgan fingerprint density at radius 1 is 1.07 bits per heavy atom. The summed E-state index contributed by atoms with van der Waals surface area (Å²) in [6, 6.07) is 0. The largest absolute Gasteiger partial charge is 0.356 e. The smallest absolute Gasteiger partial charge is 0.211 e. The minimum Gasteiger partial charge on any atom is -0.356 e. The molecule has 2 N–H and O–H groups in total. The molecule has 2 fully saturated rings.